The molecular weight excluding hydrogens is 264 g/mol. The summed E-state index contributed by atoms with van der Waals surface area (Å²) in [5.74, 6) is -0.933. The minimum Gasteiger partial charge on any atom is -0.368 e. The second kappa shape index (κ2) is 5.66. The van der Waals surface area contributed by atoms with Crippen LogP contribution in [0, 0.1) is 10.1 Å². The summed E-state index contributed by atoms with van der Waals surface area (Å²) in [5.41, 5.74) is 5.48. The van der Waals surface area contributed by atoms with Crippen molar-refractivity contribution in [3.63, 3.8) is 0 Å². The van der Waals surface area contributed by atoms with Crippen molar-refractivity contribution in [1.82, 2.24) is 10.2 Å². The average molecular weight is 278 g/mol. The van der Waals surface area contributed by atoms with Crippen molar-refractivity contribution in [2.75, 3.05) is 19.6 Å². The normalized spacial score (nSPS) is 18.6. The Balaban J connectivity index is 2.20. The third-order valence-corrected chi connectivity index (χ3v) is 3.16. The summed E-state index contributed by atoms with van der Waals surface area (Å²) in [6.07, 6.45) is 0. The first-order chi connectivity index (χ1) is 9.50. The Labute approximate surface area is 114 Å². The fourth-order valence-corrected chi connectivity index (χ4v) is 2.09. The van der Waals surface area contributed by atoms with Crippen LogP contribution in [0.4, 0.5) is 5.69 Å². The number of nitrogens with two attached hydrogens (primary N) is 1. The number of amides is 2. The van der Waals surface area contributed by atoms with Crippen LogP contribution in [0.15, 0.2) is 24.3 Å². The topological polar surface area (TPSA) is 119 Å². The predicted molar refractivity (Wildman–Crippen MR) is 70.0 cm³/mol. The zero-order valence-electron chi connectivity index (χ0n) is 10.6. The molecule has 2 amide bonds. The van der Waals surface area contributed by atoms with E-state index in [-0.39, 0.29) is 11.6 Å². The number of piperazine rings is 1. The molecule has 1 fully saturated rings. The zero-order valence-corrected chi connectivity index (χ0v) is 10.6. The van der Waals surface area contributed by atoms with E-state index in [0.29, 0.717) is 25.2 Å². The van der Waals surface area contributed by atoms with Crippen molar-refractivity contribution >= 4 is 17.5 Å². The number of carbonyl (C=O) groups is 2. The lowest BCUT2D eigenvalue weighted by atomic mass is 10.1. The molecule has 0 spiro atoms. The number of carbonyl (C=O) groups excluding carboxylic acids is 2. The molecular formula is C12H14N4O4. The molecule has 0 radical (unpaired) electrons. The Kier molecular flexibility index (Phi) is 3.94. The summed E-state index contributed by atoms with van der Waals surface area (Å²) in [7, 11) is 0. The molecule has 20 heavy (non-hydrogen) atoms. The van der Waals surface area contributed by atoms with E-state index in [1.165, 1.54) is 29.2 Å². The van der Waals surface area contributed by atoms with Gasteiger partial charge >= 0.3 is 0 Å². The molecule has 1 atom stereocenters. The Morgan fingerprint density at radius 2 is 2.00 bits per heavy atom. The molecule has 1 aliphatic rings. The summed E-state index contributed by atoms with van der Waals surface area (Å²) in [6.45, 7) is 1.25. The molecule has 8 nitrogen and oxygen atoms in total. The fraction of sp³-hybridized carbons (Fsp3) is 0.333. The van der Waals surface area contributed by atoms with Gasteiger partial charge in [-0.15, -0.1) is 0 Å². The Morgan fingerprint density at radius 3 is 2.55 bits per heavy atom. The third-order valence-electron chi connectivity index (χ3n) is 3.16. The lowest BCUT2D eigenvalue weighted by Gasteiger charge is -2.34. The molecule has 0 saturated carbocycles. The third kappa shape index (κ3) is 2.75. The smallest absolute Gasteiger partial charge is 0.269 e. The van der Waals surface area contributed by atoms with Gasteiger partial charge in [-0.25, -0.2) is 0 Å². The lowest BCUT2D eigenvalue weighted by Crippen LogP contribution is -2.58. The van der Waals surface area contributed by atoms with Crippen molar-refractivity contribution in [3.05, 3.63) is 39.9 Å². The molecule has 2 rings (SSSR count). The number of rotatable bonds is 3. The van der Waals surface area contributed by atoms with Crippen LogP contribution in [0.2, 0.25) is 0 Å². The highest BCUT2D eigenvalue weighted by Gasteiger charge is 2.31. The molecule has 0 aromatic heterocycles. The van der Waals surface area contributed by atoms with E-state index in [0.717, 1.165) is 0 Å². The summed E-state index contributed by atoms with van der Waals surface area (Å²) < 4.78 is 0. The first-order valence-corrected chi connectivity index (χ1v) is 6.06. The van der Waals surface area contributed by atoms with Crippen molar-refractivity contribution in [1.29, 1.82) is 0 Å². The lowest BCUT2D eigenvalue weighted by molar-refractivity contribution is -0.384. The standard InChI is InChI=1S/C12H14N4O4/c13-11(17)10-7-14-5-6-15(10)12(18)8-1-3-9(4-2-8)16(19)20/h1-4,10,14H,5-7H2,(H2,13,17). The van der Waals surface area contributed by atoms with Gasteiger partial charge in [0.25, 0.3) is 11.6 Å². The number of nitrogens with one attached hydrogen (secondary N) is 1. The van der Waals surface area contributed by atoms with Gasteiger partial charge in [-0.3, -0.25) is 19.7 Å². The van der Waals surface area contributed by atoms with Gasteiger partial charge < -0.3 is 16.0 Å². The second-order valence-electron chi connectivity index (χ2n) is 4.42. The van der Waals surface area contributed by atoms with Gasteiger partial charge in [-0.2, -0.15) is 0 Å². The van der Waals surface area contributed by atoms with Crippen molar-refractivity contribution < 1.29 is 14.5 Å². The summed E-state index contributed by atoms with van der Waals surface area (Å²) in [4.78, 5) is 35.1. The van der Waals surface area contributed by atoms with E-state index in [2.05, 4.69) is 5.32 Å². The Bertz CT molecular complexity index is 543. The summed E-state index contributed by atoms with van der Waals surface area (Å²) in [6, 6.07) is 4.57. The van der Waals surface area contributed by atoms with Gasteiger partial charge in [0.05, 0.1) is 4.92 Å². The number of benzene rings is 1. The van der Waals surface area contributed by atoms with Gasteiger partial charge in [0, 0.05) is 37.3 Å². The first-order valence-electron chi connectivity index (χ1n) is 6.06. The highest BCUT2D eigenvalue weighted by molar-refractivity contribution is 5.97. The maximum absolute atomic E-state index is 12.3. The average Bonchev–Trinajstić information content (AvgIpc) is 2.46. The monoisotopic (exact) mass is 278 g/mol. The van der Waals surface area contributed by atoms with E-state index >= 15 is 0 Å². The summed E-state index contributed by atoms with van der Waals surface area (Å²) >= 11 is 0. The van der Waals surface area contributed by atoms with Crippen LogP contribution < -0.4 is 11.1 Å². The Hall–Kier alpha value is -2.48. The molecule has 1 unspecified atom stereocenters. The van der Waals surface area contributed by atoms with Gasteiger partial charge in [0.15, 0.2) is 0 Å². The predicted octanol–water partition coefficient (Wildman–Crippen LogP) is -0.506. The highest BCUT2D eigenvalue weighted by atomic mass is 16.6. The van der Waals surface area contributed by atoms with Gasteiger partial charge in [-0.1, -0.05) is 0 Å². The number of nitro groups is 1. The largest absolute Gasteiger partial charge is 0.368 e. The molecule has 3 N–H and O–H groups in total. The number of hydrogen-bond acceptors (Lipinski definition) is 5. The van der Waals surface area contributed by atoms with Gasteiger partial charge in [0.2, 0.25) is 5.91 Å². The molecule has 0 aliphatic carbocycles. The quantitative estimate of drug-likeness (QED) is 0.570. The molecule has 1 aromatic carbocycles. The van der Waals surface area contributed by atoms with Crippen molar-refractivity contribution in [2.24, 2.45) is 5.73 Å². The van der Waals surface area contributed by atoms with Gasteiger partial charge in [0.1, 0.15) is 6.04 Å². The van der Waals surface area contributed by atoms with Crippen molar-refractivity contribution in [3.8, 4) is 0 Å². The van der Waals surface area contributed by atoms with E-state index in [1.807, 2.05) is 0 Å². The van der Waals surface area contributed by atoms with E-state index in [1.54, 1.807) is 0 Å². The van der Waals surface area contributed by atoms with Crippen LogP contribution in [-0.4, -0.2) is 47.3 Å². The zero-order chi connectivity index (χ0) is 14.7. The number of primary amides is 1. The summed E-state index contributed by atoms with van der Waals surface area (Å²) in [5, 5.41) is 13.6. The maximum Gasteiger partial charge on any atom is 0.269 e. The SMILES string of the molecule is NC(=O)C1CNCCN1C(=O)c1ccc([N+](=O)[O-])cc1. The number of non-ortho nitro benzene ring substituents is 1. The number of hydrogen-bond donors (Lipinski definition) is 2. The Morgan fingerprint density at radius 1 is 1.35 bits per heavy atom. The van der Waals surface area contributed by atoms with E-state index in [4.69, 9.17) is 5.73 Å². The number of nitrogens with zero attached hydrogens (tertiary/aromatic N) is 2. The van der Waals surface area contributed by atoms with Crippen LogP contribution in [0.5, 0.6) is 0 Å². The molecule has 8 heteroatoms. The van der Waals surface area contributed by atoms with E-state index in [9.17, 15) is 19.7 Å². The van der Waals surface area contributed by atoms with Crippen LogP contribution in [-0.2, 0) is 4.79 Å². The molecule has 1 heterocycles. The van der Waals surface area contributed by atoms with Crippen LogP contribution in [0.3, 0.4) is 0 Å². The molecule has 0 bridgehead atoms. The molecule has 1 aromatic rings. The van der Waals surface area contributed by atoms with Gasteiger partial charge in [-0.05, 0) is 12.1 Å². The second-order valence-corrected chi connectivity index (χ2v) is 4.42. The van der Waals surface area contributed by atoms with Crippen LogP contribution in [0.1, 0.15) is 10.4 Å². The van der Waals surface area contributed by atoms with E-state index < -0.39 is 16.9 Å². The van der Waals surface area contributed by atoms with Crippen molar-refractivity contribution in [2.45, 2.75) is 6.04 Å². The first kappa shape index (κ1) is 13.9. The molecule has 1 saturated heterocycles. The fourth-order valence-electron chi connectivity index (χ4n) is 2.09. The van der Waals surface area contributed by atoms with Crippen LogP contribution >= 0.6 is 0 Å². The minimum atomic E-state index is -0.702. The highest BCUT2D eigenvalue weighted by Crippen LogP contribution is 2.15. The number of nitro benzene ring substituents is 1. The molecule has 106 valence electrons. The minimum absolute atomic E-state index is 0.0895. The maximum atomic E-state index is 12.3. The molecule has 1 aliphatic heterocycles. The van der Waals surface area contributed by atoms with Crippen LogP contribution in [0.25, 0.3) is 0 Å².